The molecule has 1 aromatic carbocycles. The summed E-state index contributed by atoms with van der Waals surface area (Å²) in [7, 11) is 3.09. The van der Waals surface area contributed by atoms with E-state index in [0.29, 0.717) is 28.6 Å². The third-order valence-corrected chi connectivity index (χ3v) is 6.72. The molecule has 1 aliphatic rings. The van der Waals surface area contributed by atoms with Gasteiger partial charge in [0.15, 0.2) is 17.0 Å². The van der Waals surface area contributed by atoms with Crippen LogP contribution in [0.1, 0.15) is 49.6 Å². The second-order valence-electron chi connectivity index (χ2n) is 9.13. The van der Waals surface area contributed by atoms with Crippen molar-refractivity contribution in [2.45, 2.75) is 39.0 Å². The lowest BCUT2D eigenvalue weighted by atomic mass is 9.88. The van der Waals surface area contributed by atoms with Gasteiger partial charge in [-0.3, -0.25) is 14.4 Å². The number of anilines is 2. The second-order valence-corrected chi connectivity index (χ2v) is 9.56. The van der Waals surface area contributed by atoms with Gasteiger partial charge in [-0.15, -0.1) is 0 Å². The van der Waals surface area contributed by atoms with Gasteiger partial charge in [-0.25, -0.2) is 15.0 Å². The van der Waals surface area contributed by atoms with E-state index in [1.165, 1.54) is 30.2 Å². The molecule has 38 heavy (non-hydrogen) atoms. The highest BCUT2D eigenvalue weighted by Crippen LogP contribution is 2.41. The van der Waals surface area contributed by atoms with Crippen LogP contribution in [0.3, 0.4) is 0 Å². The molecule has 0 saturated heterocycles. The van der Waals surface area contributed by atoms with Crippen molar-refractivity contribution in [1.82, 2.24) is 9.99 Å². The van der Waals surface area contributed by atoms with Gasteiger partial charge in [0.1, 0.15) is 18.2 Å². The fourth-order valence-corrected chi connectivity index (χ4v) is 4.54. The number of amides is 3. The van der Waals surface area contributed by atoms with E-state index in [1.807, 2.05) is 0 Å². The first kappa shape index (κ1) is 27.4. The Hall–Kier alpha value is -3.63. The number of benzene rings is 1. The molecule has 0 bridgehead atoms. The van der Waals surface area contributed by atoms with E-state index < -0.39 is 5.91 Å². The van der Waals surface area contributed by atoms with E-state index in [0.717, 1.165) is 32.1 Å². The standard InChI is InChI=1S/C27H31ClN4O6/c1-17(33)31(2)32(27(35)18-7-5-4-6-8-18)24-21(37-14-13-36-3)11-9-19-15-22(38-25(19)24)26(34)30-23-12-10-20(28)16-29-23/h9-12,15-16,18H,4-8,13-14H2,1-3H3,(H,29,30,34). The van der Waals surface area contributed by atoms with Crippen LogP contribution in [-0.4, -0.2) is 55.1 Å². The smallest absolute Gasteiger partial charge is 0.292 e. The van der Waals surface area contributed by atoms with Crippen LogP contribution in [0.15, 0.2) is 40.9 Å². The number of ether oxygens (including phenoxy) is 2. The molecule has 3 aromatic rings. The molecule has 0 unspecified atom stereocenters. The summed E-state index contributed by atoms with van der Waals surface area (Å²) in [5.41, 5.74) is 0.502. The summed E-state index contributed by atoms with van der Waals surface area (Å²) in [5, 5.41) is 6.26. The minimum absolute atomic E-state index is 0.00239. The zero-order valence-corrected chi connectivity index (χ0v) is 22.4. The summed E-state index contributed by atoms with van der Waals surface area (Å²) in [6, 6.07) is 8.18. The van der Waals surface area contributed by atoms with Gasteiger partial charge in [-0.2, -0.15) is 0 Å². The number of hydrogen-bond acceptors (Lipinski definition) is 7. The first-order chi connectivity index (χ1) is 18.3. The SMILES string of the molecule is COCCOc1ccc2cc(C(=O)Nc3ccc(Cl)cn3)oc2c1N(C(=O)C1CCCCC1)N(C)C(C)=O. The molecule has 1 N–H and O–H groups in total. The van der Waals surface area contributed by atoms with Crippen LogP contribution in [0, 0.1) is 5.92 Å². The third kappa shape index (κ3) is 6.08. The minimum atomic E-state index is -0.533. The highest BCUT2D eigenvalue weighted by molar-refractivity contribution is 6.30. The van der Waals surface area contributed by atoms with Gasteiger partial charge in [0.2, 0.25) is 11.8 Å². The Kier molecular flexibility index (Phi) is 8.85. The van der Waals surface area contributed by atoms with Crippen LogP contribution < -0.4 is 15.1 Å². The second kappa shape index (κ2) is 12.3. The molecule has 4 rings (SSSR count). The number of methoxy groups -OCH3 is 1. The van der Waals surface area contributed by atoms with Crippen molar-refractivity contribution in [2.24, 2.45) is 5.92 Å². The van der Waals surface area contributed by atoms with E-state index in [4.69, 9.17) is 25.5 Å². The molecule has 202 valence electrons. The Morgan fingerprint density at radius 1 is 1.13 bits per heavy atom. The molecule has 10 nitrogen and oxygen atoms in total. The number of furan rings is 1. The quantitative estimate of drug-likeness (QED) is 0.312. The Morgan fingerprint density at radius 2 is 1.89 bits per heavy atom. The highest BCUT2D eigenvalue weighted by atomic mass is 35.5. The zero-order valence-electron chi connectivity index (χ0n) is 21.7. The van der Waals surface area contributed by atoms with Gasteiger partial charge in [0, 0.05) is 38.6 Å². The molecule has 0 atom stereocenters. The van der Waals surface area contributed by atoms with Crippen LogP contribution >= 0.6 is 11.6 Å². The average Bonchev–Trinajstić information content (AvgIpc) is 3.36. The Balaban J connectivity index is 1.79. The Morgan fingerprint density at radius 3 is 2.55 bits per heavy atom. The Bertz CT molecular complexity index is 1300. The number of aromatic nitrogens is 1. The number of hydrogen-bond donors (Lipinski definition) is 1. The molecule has 0 aliphatic heterocycles. The number of fused-ring (bicyclic) bond motifs is 1. The first-order valence-electron chi connectivity index (χ1n) is 12.5. The van der Waals surface area contributed by atoms with Crippen molar-refractivity contribution in [1.29, 1.82) is 0 Å². The van der Waals surface area contributed by atoms with Crippen molar-refractivity contribution in [3.05, 3.63) is 47.3 Å². The van der Waals surface area contributed by atoms with Gasteiger partial charge in [0.25, 0.3) is 5.91 Å². The summed E-state index contributed by atoms with van der Waals surface area (Å²) in [5.74, 6) is -0.717. The molecule has 1 fully saturated rings. The van der Waals surface area contributed by atoms with Crippen molar-refractivity contribution in [3.63, 3.8) is 0 Å². The first-order valence-corrected chi connectivity index (χ1v) is 12.9. The maximum atomic E-state index is 13.9. The van der Waals surface area contributed by atoms with Crippen LogP contribution in [0.5, 0.6) is 5.75 Å². The number of carbonyl (C=O) groups excluding carboxylic acids is 3. The van der Waals surface area contributed by atoms with E-state index in [1.54, 1.807) is 37.4 Å². The normalized spacial score (nSPS) is 13.8. The molecule has 1 saturated carbocycles. The Labute approximate surface area is 225 Å². The summed E-state index contributed by atoms with van der Waals surface area (Å²) in [4.78, 5) is 43.5. The molecule has 0 spiro atoms. The van der Waals surface area contributed by atoms with E-state index in [2.05, 4.69) is 10.3 Å². The van der Waals surface area contributed by atoms with Gasteiger partial charge >= 0.3 is 0 Å². The predicted molar refractivity (Wildman–Crippen MR) is 143 cm³/mol. The van der Waals surface area contributed by atoms with Gasteiger partial charge in [0.05, 0.1) is 11.6 Å². The molecule has 1 aliphatic carbocycles. The largest absolute Gasteiger partial charge is 0.489 e. The summed E-state index contributed by atoms with van der Waals surface area (Å²) < 4.78 is 17.1. The lowest BCUT2D eigenvalue weighted by molar-refractivity contribution is -0.135. The number of rotatable bonds is 8. The lowest BCUT2D eigenvalue weighted by Gasteiger charge is -2.35. The van der Waals surface area contributed by atoms with Crippen molar-refractivity contribution in [3.8, 4) is 5.75 Å². The number of halogens is 1. The summed E-state index contributed by atoms with van der Waals surface area (Å²) >= 11 is 5.88. The number of hydrazine groups is 1. The number of pyridine rings is 1. The monoisotopic (exact) mass is 542 g/mol. The zero-order chi connectivity index (χ0) is 27.2. The molecule has 2 heterocycles. The molecular formula is C27H31ClN4O6. The number of nitrogens with zero attached hydrogens (tertiary/aromatic N) is 3. The molecular weight excluding hydrogens is 512 g/mol. The van der Waals surface area contributed by atoms with Crippen LogP contribution in [0.4, 0.5) is 11.5 Å². The van der Waals surface area contributed by atoms with Gasteiger partial charge in [-0.1, -0.05) is 30.9 Å². The number of carbonyl (C=O) groups is 3. The van der Waals surface area contributed by atoms with Crippen LogP contribution in [-0.2, 0) is 14.3 Å². The average molecular weight is 543 g/mol. The lowest BCUT2D eigenvalue weighted by Crippen LogP contribution is -2.50. The topological polar surface area (TPSA) is 114 Å². The van der Waals surface area contributed by atoms with Crippen molar-refractivity contribution in [2.75, 3.05) is 37.7 Å². The number of nitrogens with one attached hydrogen (secondary N) is 1. The van der Waals surface area contributed by atoms with Crippen LogP contribution in [0.25, 0.3) is 11.0 Å². The fraction of sp³-hybridized carbons (Fsp3) is 0.407. The van der Waals surface area contributed by atoms with E-state index in [-0.39, 0.29) is 41.4 Å². The summed E-state index contributed by atoms with van der Waals surface area (Å²) in [6.45, 7) is 1.91. The third-order valence-electron chi connectivity index (χ3n) is 6.49. The minimum Gasteiger partial charge on any atom is -0.489 e. The van der Waals surface area contributed by atoms with Crippen molar-refractivity contribution >= 4 is 51.8 Å². The van der Waals surface area contributed by atoms with Gasteiger partial charge in [-0.05, 0) is 43.2 Å². The van der Waals surface area contributed by atoms with E-state index in [9.17, 15) is 14.4 Å². The molecule has 3 amide bonds. The van der Waals surface area contributed by atoms with Crippen molar-refractivity contribution < 1.29 is 28.3 Å². The molecule has 2 aromatic heterocycles. The maximum absolute atomic E-state index is 13.9. The molecule has 0 radical (unpaired) electrons. The predicted octanol–water partition coefficient (Wildman–Crippen LogP) is 5.07. The van der Waals surface area contributed by atoms with E-state index >= 15 is 0 Å². The van der Waals surface area contributed by atoms with Crippen LogP contribution in [0.2, 0.25) is 5.02 Å². The van der Waals surface area contributed by atoms with Gasteiger partial charge < -0.3 is 19.2 Å². The maximum Gasteiger partial charge on any atom is 0.292 e. The fourth-order valence-electron chi connectivity index (χ4n) is 4.43. The molecule has 11 heteroatoms. The summed E-state index contributed by atoms with van der Waals surface area (Å²) in [6.07, 6.45) is 5.85. The highest BCUT2D eigenvalue weighted by Gasteiger charge is 2.35.